The number of hydrogen-bond acceptors (Lipinski definition) is 4. The number of rotatable bonds is 3. The smallest absolute Gasteiger partial charge is 0.274 e. The first kappa shape index (κ1) is 13.8. The third-order valence-corrected chi connectivity index (χ3v) is 3.76. The molecule has 0 spiro atoms. The lowest BCUT2D eigenvalue weighted by atomic mass is 10.3. The van der Waals surface area contributed by atoms with Gasteiger partial charge >= 0.3 is 0 Å². The molecule has 2 heterocycles. The quantitative estimate of drug-likeness (QED) is 0.867. The third kappa shape index (κ3) is 3.21. The predicted octanol–water partition coefficient (Wildman–Crippen LogP) is 1.77. The van der Waals surface area contributed by atoms with E-state index in [-0.39, 0.29) is 17.2 Å². The molecule has 100 valence electrons. The van der Waals surface area contributed by atoms with Gasteiger partial charge in [0.1, 0.15) is 5.69 Å². The molecule has 0 bridgehead atoms. The van der Waals surface area contributed by atoms with Crippen LogP contribution in [0.1, 0.15) is 15.4 Å². The highest BCUT2D eigenvalue weighted by Crippen LogP contribution is 2.22. The van der Waals surface area contributed by atoms with E-state index in [1.165, 1.54) is 35.4 Å². The summed E-state index contributed by atoms with van der Waals surface area (Å²) in [5.74, 6) is -0.236. The van der Waals surface area contributed by atoms with Crippen molar-refractivity contribution < 1.29 is 4.79 Å². The Labute approximate surface area is 119 Å². The monoisotopic (exact) mass is 297 g/mol. The molecule has 0 saturated carbocycles. The van der Waals surface area contributed by atoms with E-state index in [2.05, 4.69) is 5.10 Å². The minimum Gasteiger partial charge on any atom is -0.335 e. The number of amides is 1. The van der Waals surface area contributed by atoms with Gasteiger partial charge in [-0.3, -0.25) is 9.59 Å². The van der Waals surface area contributed by atoms with Gasteiger partial charge in [0.2, 0.25) is 0 Å². The van der Waals surface area contributed by atoms with Crippen LogP contribution in [0.3, 0.4) is 0 Å². The van der Waals surface area contributed by atoms with Crippen LogP contribution in [0.4, 0.5) is 0 Å². The molecule has 7 heteroatoms. The summed E-state index contributed by atoms with van der Waals surface area (Å²) >= 11 is 7.27. The first-order chi connectivity index (χ1) is 8.97. The molecule has 0 N–H and O–H groups in total. The van der Waals surface area contributed by atoms with Crippen molar-refractivity contribution in [2.75, 3.05) is 7.05 Å². The zero-order valence-corrected chi connectivity index (χ0v) is 12.0. The summed E-state index contributed by atoms with van der Waals surface area (Å²) in [5.41, 5.74) is -0.00325. The third-order valence-electron chi connectivity index (χ3n) is 2.55. The molecule has 2 aromatic heterocycles. The Morgan fingerprint density at radius 1 is 1.42 bits per heavy atom. The molecule has 0 aliphatic rings. The second-order valence-corrected chi connectivity index (χ2v) is 5.85. The molecule has 0 fully saturated rings. The van der Waals surface area contributed by atoms with Gasteiger partial charge in [-0.15, -0.1) is 11.3 Å². The van der Waals surface area contributed by atoms with Crippen LogP contribution in [0, 0.1) is 0 Å². The van der Waals surface area contributed by atoms with E-state index < -0.39 is 0 Å². The Kier molecular flexibility index (Phi) is 4.01. The van der Waals surface area contributed by atoms with Crippen molar-refractivity contribution in [2.45, 2.75) is 6.54 Å². The maximum Gasteiger partial charge on any atom is 0.274 e. The highest BCUT2D eigenvalue weighted by molar-refractivity contribution is 7.16. The number of carbonyl (C=O) groups excluding carboxylic acids is 1. The lowest BCUT2D eigenvalue weighted by molar-refractivity contribution is 0.0778. The normalized spacial score (nSPS) is 10.5. The van der Waals surface area contributed by atoms with Crippen LogP contribution in [0.2, 0.25) is 4.34 Å². The molecule has 0 aliphatic heterocycles. The second-order valence-electron chi connectivity index (χ2n) is 4.05. The maximum absolute atomic E-state index is 12.1. The number of nitrogens with zero attached hydrogens (tertiary/aromatic N) is 3. The molecule has 1 amide bonds. The van der Waals surface area contributed by atoms with Gasteiger partial charge in [-0.25, -0.2) is 4.68 Å². The molecule has 0 saturated heterocycles. The minimum absolute atomic E-state index is 0.236. The minimum atomic E-state index is -0.246. The Hall–Kier alpha value is -1.66. The van der Waals surface area contributed by atoms with E-state index >= 15 is 0 Å². The fourth-order valence-corrected chi connectivity index (χ4v) is 2.70. The summed E-state index contributed by atoms with van der Waals surface area (Å²) in [4.78, 5) is 25.9. The summed E-state index contributed by atoms with van der Waals surface area (Å²) in [6, 6.07) is 6.44. The van der Waals surface area contributed by atoms with Gasteiger partial charge in [-0.1, -0.05) is 11.6 Å². The Balaban J connectivity index is 2.14. The summed E-state index contributed by atoms with van der Waals surface area (Å²) in [6.07, 6.45) is 0. The number of aryl methyl sites for hydroxylation is 1. The van der Waals surface area contributed by atoms with Crippen molar-refractivity contribution in [2.24, 2.45) is 7.05 Å². The first-order valence-electron chi connectivity index (χ1n) is 5.51. The van der Waals surface area contributed by atoms with E-state index in [0.29, 0.717) is 10.9 Å². The van der Waals surface area contributed by atoms with Gasteiger partial charge in [-0.2, -0.15) is 5.10 Å². The molecule has 19 heavy (non-hydrogen) atoms. The fourth-order valence-electron chi connectivity index (χ4n) is 1.55. The Morgan fingerprint density at radius 3 is 2.74 bits per heavy atom. The van der Waals surface area contributed by atoms with Crippen molar-refractivity contribution in [3.63, 3.8) is 0 Å². The topological polar surface area (TPSA) is 55.2 Å². The molecule has 5 nitrogen and oxygen atoms in total. The average molecular weight is 298 g/mol. The Bertz CT molecular complexity index is 665. The summed E-state index contributed by atoms with van der Waals surface area (Å²) < 4.78 is 1.83. The van der Waals surface area contributed by atoms with Crippen LogP contribution in [0.15, 0.2) is 29.1 Å². The average Bonchev–Trinajstić information content (AvgIpc) is 2.77. The highest BCUT2D eigenvalue weighted by atomic mass is 35.5. The van der Waals surface area contributed by atoms with Crippen molar-refractivity contribution in [3.8, 4) is 0 Å². The van der Waals surface area contributed by atoms with Gasteiger partial charge < -0.3 is 4.90 Å². The molecule has 0 aliphatic carbocycles. The number of carbonyl (C=O) groups is 1. The molecule has 0 unspecified atom stereocenters. The van der Waals surface area contributed by atoms with E-state index in [1.807, 2.05) is 6.07 Å². The summed E-state index contributed by atoms with van der Waals surface area (Å²) in [5, 5.41) is 3.93. The van der Waals surface area contributed by atoms with Crippen LogP contribution in [0.5, 0.6) is 0 Å². The molecule has 2 rings (SSSR count). The lowest BCUT2D eigenvalue weighted by Crippen LogP contribution is -2.29. The maximum atomic E-state index is 12.1. The van der Waals surface area contributed by atoms with Crippen LogP contribution in [0.25, 0.3) is 0 Å². The molecule has 0 aromatic carbocycles. The molecular formula is C12H12ClN3O2S. The summed E-state index contributed by atoms with van der Waals surface area (Å²) in [7, 11) is 3.20. The van der Waals surface area contributed by atoms with E-state index in [9.17, 15) is 9.59 Å². The highest BCUT2D eigenvalue weighted by Gasteiger charge is 2.15. The molecule has 0 radical (unpaired) electrons. The van der Waals surface area contributed by atoms with E-state index in [0.717, 1.165) is 9.56 Å². The standard InChI is InChI=1S/C12H12ClN3O2S/c1-15(7-8-3-5-10(13)19-8)12(18)9-4-6-11(17)16(2)14-9/h3-6H,7H2,1-2H3. The SMILES string of the molecule is CN(Cc1ccc(Cl)s1)C(=O)c1ccc(=O)n(C)n1. The van der Waals surface area contributed by atoms with Gasteiger partial charge in [0.05, 0.1) is 10.9 Å². The fraction of sp³-hybridized carbons (Fsp3) is 0.250. The van der Waals surface area contributed by atoms with E-state index in [1.54, 1.807) is 13.1 Å². The number of thiophene rings is 1. The largest absolute Gasteiger partial charge is 0.335 e. The number of hydrogen-bond donors (Lipinski definition) is 0. The summed E-state index contributed by atoms with van der Waals surface area (Å²) in [6.45, 7) is 0.459. The second kappa shape index (κ2) is 5.54. The van der Waals surface area contributed by atoms with Gasteiger partial charge in [-0.05, 0) is 18.2 Å². The van der Waals surface area contributed by atoms with Gasteiger partial charge in [0.25, 0.3) is 11.5 Å². The zero-order chi connectivity index (χ0) is 14.0. The molecule has 0 atom stereocenters. The van der Waals surface area contributed by atoms with Gasteiger partial charge in [0.15, 0.2) is 0 Å². The van der Waals surface area contributed by atoms with Crippen LogP contribution in [-0.2, 0) is 13.6 Å². The van der Waals surface area contributed by atoms with Crippen molar-refractivity contribution in [1.29, 1.82) is 0 Å². The first-order valence-corrected chi connectivity index (χ1v) is 6.71. The predicted molar refractivity (Wildman–Crippen MR) is 74.6 cm³/mol. The zero-order valence-electron chi connectivity index (χ0n) is 10.5. The Morgan fingerprint density at radius 2 is 2.16 bits per heavy atom. The van der Waals surface area contributed by atoms with Crippen molar-refractivity contribution >= 4 is 28.8 Å². The lowest BCUT2D eigenvalue weighted by Gasteiger charge is -2.15. The van der Waals surface area contributed by atoms with Crippen molar-refractivity contribution in [1.82, 2.24) is 14.7 Å². The van der Waals surface area contributed by atoms with Crippen LogP contribution >= 0.6 is 22.9 Å². The van der Waals surface area contributed by atoms with E-state index in [4.69, 9.17) is 11.6 Å². The van der Waals surface area contributed by atoms with Gasteiger partial charge in [0, 0.05) is 25.0 Å². The molecule has 2 aromatic rings. The number of aromatic nitrogens is 2. The molecular weight excluding hydrogens is 286 g/mol. The van der Waals surface area contributed by atoms with Crippen LogP contribution in [-0.4, -0.2) is 27.6 Å². The van der Waals surface area contributed by atoms with Crippen molar-refractivity contribution in [3.05, 3.63) is 49.5 Å². The number of halogens is 1. The van der Waals surface area contributed by atoms with Crippen LogP contribution < -0.4 is 5.56 Å².